The minimum absolute atomic E-state index is 0. The van der Waals surface area contributed by atoms with Crippen molar-refractivity contribution in [2.24, 2.45) is 0 Å². The van der Waals surface area contributed by atoms with Gasteiger partial charge in [0.05, 0.1) is 74.1 Å². The molecule has 8 aromatic rings. The number of hydrogen-bond donors (Lipinski definition) is 0. The Bertz CT molecular complexity index is 1860. The topological polar surface area (TPSA) is 39.8 Å². The van der Waals surface area contributed by atoms with Crippen LogP contribution in [0.3, 0.4) is 0 Å². The van der Waals surface area contributed by atoms with Gasteiger partial charge in [0.15, 0.2) is 0 Å². The molecule has 0 saturated carbocycles. The minimum Gasteiger partial charge on any atom is -0.0620 e. The third-order valence-corrected chi connectivity index (χ3v) is 22.5. The Morgan fingerprint density at radius 2 is 0.311 bits per heavy atom. The van der Waals surface area contributed by atoms with E-state index in [1.807, 2.05) is 0 Å². The van der Waals surface area contributed by atoms with Crippen LogP contribution in [-0.2, 0) is 30.4 Å². The van der Waals surface area contributed by atoms with E-state index in [2.05, 4.69) is 256 Å². The summed E-state index contributed by atoms with van der Waals surface area (Å²) in [5.41, 5.74) is 0. The van der Waals surface area contributed by atoms with Crippen LogP contribution in [0.1, 0.15) is 0 Å². The van der Waals surface area contributed by atoms with Gasteiger partial charge >= 0.3 is 43.7 Å². The first kappa shape index (κ1) is 49.3. The minimum atomic E-state index is -0.783. The van der Waals surface area contributed by atoms with E-state index in [1.165, 1.54) is 67.1 Å². The Balaban J connectivity index is 0.000000245. The molecule has 0 N–H and O–H groups in total. The first-order chi connectivity index (χ1) is 29.8. The molecule has 8 rings (SSSR count). The van der Waals surface area contributed by atoms with E-state index in [1.54, 1.807) is 0 Å². The SMILES string of the molecule is [C-]#[O+].[C-]#[O+].[Mo+2].c1ccc([PH+](CC[PH+](c2ccccc2)c2ccccc2)c2ccccc2)cc1.c1ccc([PH+](CC[PH+](c2ccccc2)c2ccccc2)c2ccccc2)cc1. The largest absolute Gasteiger partial charge is 2.00 e. The molecular formula is C54H52MoO2P4+6. The van der Waals surface area contributed by atoms with Gasteiger partial charge in [-0.1, -0.05) is 146 Å². The molecule has 0 atom stereocenters. The molecule has 61 heavy (non-hydrogen) atoms. The van der Waals surface area contributed by atoms with Crippen LogP contribution >= 0.6 is 31.7 Å². The summed E-state index contributed by atoms with van der Waals surface area (Å²) < 4.78 is 15.0. The first-order valence-corrected chi connectivity index (χ1v) is 26.9. The Morgan fingerprint density at radius 1 is 0.213 bits per heavy atom. The van der Waals surface area contributed by atoms with Crippen molar-refractivity contribution in [2.45, 2.75) is 0 Å². The van der Waals surface area contributed by atoms with Crippen molar-refractivity contribution in [1.29, 1.82) is 0 Å². The quantitative estimate of drug-likeness (QED) is 0.0452. The zero-order valence-corrected chi connectivity index (χ0v) is 40.2. The Labute approximate surface area is 382 Å². The summed E-state index contributed by atoms with van der Waals surface area (Å²) in [6.07, 6.45) is 5.04. The summed E-state index contributed by atoms with van der Waals surface area (Å²) in [6.45, 7) is 9.00. The Morgan fingerprint density at radius 3 is 0.410 bits per heavy atom. The van der Waals surface area contributed by atoms with Gasteiger partial charge in [0.25, 0.3) is 0 Å². The van der Waals surface area contributed by atoms with Gasteiger partial charge in [-0.15, -0.1) is 0 Å². The maximum Gasteiger partial charge on any atom is 2.00 e. The molecule has 0 unspecified atom stereocenters. The predicted molar refractivity (Wildman–Crippen MR) is 269 cm³/mol. The maximum atomic E-state index is 7.50. The average molecular weight is 953 g/mol. The zero-order chi connectivity index (χ0) is 42.0. The first-order valence-electron chi connectivity index (χ1n) is 20.1. The molecule has 300 valence electrons. The van der Waals surface area contributed by atoms with Crippen molar-refractivity contribution in [3.8, 4) is 0 Å². The normalized spacial score (nSPS) is 10.2. The van der Waals surface area contributed by atoms with Crippen molar-refractivity contribution in [1.82, 2.24) is 0 Å². The van der Waals surface area contributed by atoms with Crippen LogP contribution in [-0.4, -0.2) is 24.6 Å². The van der Waals surface area contributed by atoms with Crippen LogP contribution in [0, 0.1) is 13.3 Å². The maximum absolute atomic E-state index is 7.50. The molecule has 0 radical (unpaired) electrons. The van der Waals surface area contributed by atoms with Crippen molar-refractivity contribution >= 4 is 74.1 Å². The van der Waals surface area contributed by atoms with Crippen molar-refractivity contribution in [3.63, 3.8) is 0 Å². The average Bonchev–Trinajstić information content (AvgIpc) is 3.35. The van der Waals surface area contributed by atoms with E-state index < -0.39 is 31.7 Å². The Kier molecular flexibility index (Phi) is 23.5. The molecule has 7 heteroatoms. The van der Waals surface area contributed by atoms with Crippen LogP contribution in [0.2, 0.25) is 0 Å². The van der Waals surface area contributed by atoms with Gasteiger partial charge in [-0.2, -0.15) is 0 Å². The summed E-state index contributed by atoms with van der Waals surface area (Å²) >= 11 is 0. The van der Waals surface area contributed by atoms with E-state index in [0.717, 1.165) is 0 Å². The third kappa shape index (κ3) is 15.5. The van der Waals surface area contributed by atoms with Crippen LogP contribution < -0.4 is 42.4 Å². The fourth-order valence-electron chi connectivity index (χ4n) is 7.44. The monoisotopic (exact) mass is 954 g/mol. The molecule has 0 bridgehead atoms. The van der Waals surface area contributed by atoms with Gasteiger partial charge in [0, 0.05) is 0 Å². The Hall–Kier alpha value is -4.35. The summed E-state index contributed by atoms with van der Waals surface area (Å²) in [5.74, 6) is 0. The van der Waals surface area contributed by atoms with Crippen molar-refractivity contribution in [2.75, 3.05) is 24.6 Å². The number of hydrogen-bond acceptors (Lipinski definition) is 0. The second-order valence-corrected chi connectivity index (χ2v) is 24.3. The third-order valence-electron chi connectivity index (χ3n) is 10.2. The molecular weight excluding hydrogens is 900 g/mol. The molecule has 8 aromatic carbocycles. The predicted octanol–water partition coefficient (Wildman–Crippen LogP) is 9.36. The zero-order valence-electron chi connectivity index (χ0n) is 34.1. The summed E-state index contributed by atoms with van der Waals surface area (Å²) in [5, 5.41) is 12.1. The van der Waals surface area contributed by atoms with Crippen LogP contribution in [0.4, 0.5) is 0 Å². The summed E-state index contributed by atoms with van der Waals surface area (Å²) in [4.78, 5) is 0. The number of rotatable bonds is 14. The molecule has 0 heterocycles. The van der Waals surface area contributed by atoms with E-state index in [0.29, 0.717) is 0 Å². The molecule has 0 saturated heterocycles. The van der Waals surface area contributed by atoms with Gasteiger partial charge in [-0.3, -0.25) is 0 Å². The van der Waals surface area contributed by atoms with E-state index in [-0.39, 0.29) is 21.1 Å². The molecule has 0 spiro atoms. The van der Waals surface area contributed by atoms with Gasteiger partial charge in [-0.25, -0.2) is 0 Å². The fourth-order valence-corrected chi connectivity index (χ4v) is 19.8. The molecule has 0 aliphatic heterocycles. The molecule has 0 aliphatic rings. The van der Waals surface area contributed by atoms with E-state index in [4.69, 9.17) is 9.30 Å². The summed E-state index contributed by atoms with van der Waals surface area (Å²) in [6, 6.07) is 89.0. The van der Waals surface area contributed by atoms with Crippen LogP contribution in [0.15, 0.2) is 243 Å². The standard InChI is InChI=1S/2C26H24P2.2CO.Mo/c2*1-5-13-23(14-6-1)27(24-15-7-2-8-16-24)21-22-28(25-17-9-3-10-18-25)26-19-11-4-12-20-26;2*1-2;/h2*1-20H,21-22H2;;;/q;;;;+2/p+4. The van der Waals surface area contributed by atoms with Crippen LogP contribution in [0.25, 0.3) is 0 Å². The van der Waals surface area contributed by atoms with Gasteiger partial charge in [-0.05, 0) is 97.1 Å². The van der Waals surface area contributed by atoms with E-state index in [9.17, 15) is 0 Å². The van der Waals surface area contributed by atoms with Gasteiger partial charge in [0.2, 0.25) is 0 Å². The number of benzene rings is 8. The molecule has 0 amide bonds. The van der Waals surface area contributed by atoms with Crippen LogP contribution in [0.5, 0.6) is 0 Å². The molecule has 0 aliphatic carbocycles. The molecule has 2 nitrogen and oxygen atoms in total. The molecule has 0 aromatic heterocycles. The molecule has 0 fully saturated rings. The summed E-state index contributed by atoms with van der Waals surface area (Å²) in [7, 11) is -3.13. The van der Waals surface area contributed by atoms with Crippen molar-refractivity contribution in [3.05, 3.63) is 256 Å². The fraction of sp³-hybridized carbons (Fsp3) is 0.0741. The van der Waals surface area contributed by atoms with Crippen molar-refractivity contribution < 1.29 is 30.4 Å². The van der Waals surface area contributed by atoms with E-state index >= 15 is 0 Å². The smallest absolute Gasteiger partial charge is 0.0620 e. The second-order valence-electron chi connectivity index (χ2n) is 13.8. The second kappa shape index (κ2) is 29.0. The van der Waals surface area contributed by atoms with Gasteiger partial charge < -0.3 is 0 Å². The van der Waals surface area contributed by atoms with Gasteiger partial charge in [0.1, 0.15) is 24.6 Å².